The van der Waals surface area contributed by atoms with Gasteiger partial charge in [0, 0.05) is 5.92 Å². The van der Waals surface area contributed by atoms with E-state index in [1.807, 2.05) is 12.1 Å². The number of hydrogen-bond donors (Lipinski definition) is 1. The Kier molecular flexibility index (Phi) is 3.23. The highest BCUT2D eigenvalue weighted by Gasteiger charge is 2.24. The maximum absolute atomic E-state index is 5.71. The van der Waals surface area contributed by atoms with E-state index in [0.717, 1.165) is 18.8 Å². The topological polar surface area (TPSA) is 44.5 Å². The van der Waals surface area contributed by atoms with Crippen molar-refractivity contribution in [1.82, 2.24) is 0 Å². The highest BCUT2D eigenvalue weighted by Crippen LogP contribution is 2.30. The van der Waals surface area contributed by atoms with Crippen LogP contribution < -0.4 is 10.6 Å². The number of benzene rings is 1. The van der Waals surface area contributed by atoms with E-state index >= 15 is 0 Å². The number of ether oxygens (including phenoxy) is 1. The molecule has 1 aromatic rings. The number of rotatable bonds is 3. The standard InChI is InChI=1S/C12H17NO2/c1-9(7-15-13)11-6-10-4-2-3-5-12(10)14-8-11/h2-5,9,11H,6-8,13H2,1H3. The summed E-state index contributed by atoms with van der Waals surface area (Å²) < 4.78 is 5.71. The second-order valence-electron chi connectivity index (χ2n) is 4.19. The second kappa shape index (κ2) is 4.64. The summed E-state index contributed by atoms with van der Waals surface area (Å²) in [7, 11) is 0. The smallest absolute Gasteiger partial charge is 0.122 e. The molecular formula is C12H17NO2. The SMILES string of the molecule is CC(CON)C1COc2ccccc2C1. The van der Waals surface area contributed by atoms with Crippen LogP contribution in [0.4, 0.5) is 0 Å². The van der Waals surface area contributed by atoms with Crippen molar-refractivity contribution in [2.45, 2.75) is 13.3 Å². The Hall–Kier alpha value is -1.06. The van der Waals surface area contributed by atoms with Gasteiger partial charge < -0.3 is 9.57 Å². The van der Waals surface area contributed by atoms with E-state index in [1.54, 1.807) is 0 Å². The molecular weight excluding hydrogens is 190 g/mol. The molecule has 3 heteroatoms. The fourth-order valence-electron chi connectivity index (χ4n) is 2.00. The van der Waals surface area contributed by atoms with Gasteiger partial charge in [0.15, 0.2) is 0 Å². The Morgan fingerprint density at radius 3 is 3.13 bits per heavy atom. The van der Waals surface area contributed by atoms with E-state index in [4.69, 9.17) is 10.6 Å². The third-order valence-corrected chi connectivity index (χ3v) is 3.07. The van der Waals surface area contributed by atoms with Crippen LogP contribution in [0.2, 0.25) is 0 Å². The first-order valence-electron chi connectivity index (χ1n) is 5.33. The molecule has 0 saturated carbocycles. The minimum atomic E-state index is 0.434. The summed E-state index contributed by atoms with van der Waals surface area (Å²) in [5, 5.41) is 0. The minimum Gasteiger partial charge on any atom is -0.493 e. The normalized spacial score (nSPS) is 21.6. The lowest BCUT2D eigenvalue weighted by molar-refractivity contribution is 0.0651. The lowest BCUT2D eigenvalue weighted by atomic mass is 9.87. The summed E-state index contributed by atoms with van der Waals surface area (Å²) in [6.07, 6.45) is 1.06. The van der Waals surface area contributed by atoms with Gasteiger partial charge in [0.25, 0.3) is 0 Å². The molecule has 0 bridgehead atoms. The van der Waals surface area contributed by atoms with Crippen LogP contribution in [0, 0.1) is 11.8 Å². The van der Waals surface area contributed by atoms with Gasteiger partial charge in [0.05, 0.1) is 13.2 Å². The van der Waals surface area contributed by atoms with Crippen LogP contribution in [0.3, 0.4) is 0 Å². The lowest BCUT2D eigenvalue weighted by Gasteiger charge is -2.29. The van der Waals surface area contributed by atoms with Crippen molar-refractivity contribution >= 4 is 0 Å². The number of hydrogen-bond acceptors (Lipinski definition) is 3. The van der Waals surface area contributed by atoms with Crippen molar-refractivity contribution in [2.75, 3.05) is 13.2 Å². The summed E-state index contributed by atoms with van der Waals surface area (Å²) in [5.74, 6) is 7.05. The zero-order valence-electron chi connectivity index (χ0n) is 8.98. The van der Waals surface area contributed by atoms with Gasteiger partial charge in [0.2, 0.25) is 0 Å². The fourth-order valence-corrected chi connectivity index (χ4v) is 2.00. The first kappa shape index (κ1) is 10.5. The van der Waals surface area contributed by atoms with Crippen LogP contribution in [-0.2, 0) is 11.3 Å². The highest BCUT2D eigenvalue weighted by molar-refractivity contribution is 5.35. The summed E-state index contributed by atoms with van der Waals surface area (Å²) in [4.78, 5) is 4.69. The van der Waals surface area contributed by atoms with E-state index in [1.165, 1.54) is 5.56 Å². The average molecular weight is 207 g/mol. The van der Waals surface area contributed by atoms with Crippen molar-refractivity contribution in [3.8, 4) is 5.75 Å². The molecule has 0 amide bonds. The molecule has 1 aliphatic heterocycles. The van der Waals surface area contributed by atoms with E-state index in [9.17, 15) is 0 Å². The number of fused-ring (bicyclic) bond motifs is 1. The predicted molar refractivity (Wildman–Crippen MR) is 58.4 cm³/mol. The molecule has 2 unspecified atom stereocenters. The van der Waals surface area contributed by atoms with Gasteiger partial charge in [-0.2, -0.15) is 0 Å². The van der Waals surface area contributed by atoms with Gasteiger partial charge in [-0.25, -0.2) is 5.90 Å². The Labute approximate surface area is 90.1 Å². The van der Waals surface area contributed by atoms with Crippen molar-refractivity contribution in [2.24, 2.45) is 17.7 Å². The molecule has 0 aliphatic carbocycles. The molecule has 2 atom stereocenters. The molecule has 1 heterocycles. The molecule has 82 valence electrons. The Bertz CT molecular complexity index is 327. The molecule has 15 heavy (non-hydrogen) atoms. The van der Waals surface area contributed by atoms with Gasteiger partial charge in [-0.1, -0.05) is 25.1 Å². The van der Waals surface area contributed by atoms with Crippen LogP contribution in [0.25, 0.3) is 0 Å². The minimum absolute atomic E-state index is 0.434. The van der Waals surface area contributed by atoms with Gasteiger partial charge in [0.1, 0.15) is 5.75 Å². The number of para-hydroxylation sites is 1. The second-order valence-corrected chi connectivity index (χ2v) is 4.19. The van der Waals surface area contributed by atoms with Crippen LogP contribution in [0.5, 0.6) is 5.75 Å². The third kappa shape index (κ3) is 2.30. The van der Waals surface area contributed by atoms with E-state index in [0.29, 0.717) is 18.4 Å². The maximum Gasteiger partial charge on any atom is 0.122 e. The Balaban J connectivity index is 2.05. The molecule has 2 rings (SSSR count). The van der Waals surface area contributed by atoms with E-state index < -0.39 is 0 Å². The first-order valence-corrected chi connectivity index (χ1v) is 5.33. The van der Waals surface area contributed by atoms with Crippen LogP contribution >= 0.6 is 0 Å². The monoisotopic (exact) mass is 207 g/mol. The van der Waals surface area contributed by atoms with Crippen LogP contribution in [0.1, 0.15) is 12.5 Å². The molecule has 0 saturated heterocycles. The summed E-state index contributed by atoms with van der Waals surface area (Å²) in [6, 6.07) is 8.20. The van der Waals surface area contributed by atoms with E-state index in [2.05, 4.69) is 23.9 Å². The van der Waals surface area contributed by atoms with Gasteiger partial charge in [-0.15, -0.1) is 0 Å². The fraction of sp³-hybridized carbons (Fsp3) is 0.500. The van der Waals surface area contributed by atoms with Gasteiger partial charge in [-0.3, -0.25) is 0 Å². The van der Waals surface area contributed by atoms with Crippen molar-refractivity contribution < 1.29 is 9.57 Å². The zero-order valence-corrected chi connectivity index (χ0v) is 8.98. The predicted octanol–water partition coefficient (Wildman–Crippen LogP) is 1.76. The van der Waals surface area contributed by atoms with Gasteiger partial charge >= 0.3 is 0 Å². The first-order chi connectivity index (χ1) is 7.31. The molecule has 0 fully saturated rings. The third-order valence-electron chi connectivity index (χ3n) is 3.07. The summed E-state index contributed by atoms with van der Waals surface area (Å²) in [5.41, 5.74) is 1.29. The molecule has 2 N–H and O–H groups in total. The maximum atomic E-state index is 5.71. The summed E-state index contributed by atoms with van der Waals surface area (Å²) in [6.45, 7) is 3.51. The van der Waals surface area contributed by atoms with Crippen LogP contribution in [-0.4, -0.2) is 13.2 Å². The van der Waals surface area contributed by atoms with Crippen molar-refractivity contribution in [3.63, 3.8) is 0 Å². The lowest BCUT2D eigenvalue weighted by Crippen LogP contribution is -2.29. The Morgan fingerprint density at radius 2 is 2.33 bits per heavy atom. The molecule has 1 aromatic carbocycles. The van der Waals surface area contributed by atoms with Crippen molar-refractivity contribution in [1.29, 1.82) is 0 Å². The quantitative estimate of drug-likeness (QED) is 0.768. The summed E-state index contributed by atoms with van der Waals surface area (Å²) >= 11 is 0. The Morgan fingerprint density at radius 1 is 1.53 bits per heavy atom. The molecule has 0 spiro atoms. The molecule has 1 aliphatic rings. The van der Waals surface area contributed by atoms with E-state index in [-0.39, 0.29) is 0 Å². The average Bonchev–Trinajstić information content (AvgIpc) is 2.29. The van der Waals surface area contributed by atoms with Crippen molar-refractivity contribution in [3.05, 3.63) is 29.8 Å². The highest BCUT2D eigenvalue weighted by atomic mass is 16.6. The van der Waals surface area contributed by atoms with Crippen LogP contribution in [0.15, 0.2) is 24.3 Å². The largest absolute Gasteiger partial charge is 0.493 e. The molecule has 0 radical (unpaired) electrons. The number of nitrogens with two attached hydrogens (primary N) is 1. The molecule has 0 aromatic heterocycles. The zero-order chi connectivity index (χ0) is 10.7. The molecule has 3 nitrogen and oxygen atoms in total. The van der Waals surface area contributed by atoms with Gasteiger partial charge in [-0.05, 0) is 24.0 Å².